The summed E-state index contributed by atoms with van der Waals surface area (Å²) in [5, 5.41) is 13.7. The van der Waals surface area contributed by atoms with E-state index in [2.05, 4.69) is 10.3 Å². The van der Waals surface area contributed by atoms with Gasteiger partial charge in [-0.3, -0.25) is 14.9 Å². The summed E-state index contributed by atoms with van der Waals surface area (Å²) in [5.74, 6) is -0.311. The van der Waals surface area contributed by atoms with Crippen molar-refractivity contribution in [2.45, 2.75) is 0 Å². The average Bonchev–Trinajstić information content (AvgIpc) is 2.85. The first-order chi connectivity index (χ1) is 9.51. The number of nitro groups is 1. The Morgan fingerprint density at radius 3 is 2.85 bits per heavy atom. The molecule has 1 amide bonds. The molecule has 1 aromatic heterocycles. The molecule has 0 radical (unpaired) electrons. The molecule has 0 saturated heterocycles. The highest BCUT2D eigenvalue weighted by molar-refractivity contribution is 7.17. The van der Waals surface area contributed by atoms with Gasteiger partial charge in [0.1, 0.15) is 4.88 Å². The van der Waals surface area contributed by atoms with Gasteiger partial charge in [0.2, 0.25) is 0 Å². The second kappa shape index (κ2) is 5.53. The molecule has 8 nitrogen and oxygen atoms in total. The summed E-state index contributed by atoms with van der Waals surface area (Å²) in [4.78, 5) is 26.2. The van der Waals surface area contributed by atoms with Gasteiger partial charge in [0.15, 0.2) is 10.9 Å². The molecule has 0 unspecified atom stereocenters. The van der Waals surface area contributed by atoms with Gasteiger partial charge in [-0.15, -0.1) is 0 Å². The lowest BCUT2D eigenvalue weighted by atomic mass is 10.2. The molecule has 1 heterocycles. The van der Waals surface area contributed by atoms with Crippen LogP contribution in [-0.2, 0) is 0 Å². The summed E-state index contributed by atoms with van der Waals surface area (Å²) >= 11 is 1.03. The lowest BCUT2D eigenvalue weighted by molar-refractivity contribution is -0.385. The molecule has 9 heteroatoms. The van der Waals surface area contributed by atoms with Gasteiger partial charge in [0, 0.05) is 11.8 Å². The number of ether oxygens (including phenoxy) is 1. The van der Waals surface area contributed by atoms with E-state index in [1.54, 1.807) is 0 Å². The summed E-state index contributed by atoms with van der Waals surface area (Å²) in [6, 6.07) is 4.14. The van der Waals surface area contributed by atoms with E-state index in [4.69, 9.17) is 10.5 Å². The highest BCUT2D eigenvalue weighted by atomic mass is 32.1. The Bertz CT molecular complexity index is 670. The number of hydrogen-bond donors (Lipinski definition) is 2. The monoisotopic (exact) mass is 294 g/mol. The number of nitro benzene ring substituents is 1. The van der Waals surface area contributed by atoms with Gasteiger partial charge in [0.25, 0.3) is 5.91 Å². The van der Waals surface area contributed by atoms with E-state index in [9.17, 15) is 14.9 Å². The maximum Gasteiger partial charge on any atom is 0.312 e. The number of carbonyl (C=O) groups is 1. The lowest BCUT2D eigenvalue weighted by Crippen LogP contribution is -2.10. The molecule has 0 fully saturated rings. The second-order valence-electron chi connectivity index (χ2n) is 3.66. The fraction of sp³-hybridized carbons (Fsp3) is 0.0909. The Labute approximate surface area is 117 Å². The van der Waals surface area contributed by atoms with Gasteiger partial charge in [-0.25, -0.2) is 4.98 Å². The molecular formula is C11H10N4O4S. The third-order valence-corrected chi connectivity index (χ3v) is 3.21. The molecule has 0 atom stereocenters. The molecule has 2 rings (SSSR count). The first-order valence-corrected chi connectivity index (χ1v) is 6.18. The highest BCUT2D eigenvalue weighted by Gasteiger charge is 2.17. The summed E-state index contributed by atoms with van der Waals surface area (Å²) < 4.78 is 4.88. The number of nitrogens with one attached hydrogen (secondary N) is 1. The van der Waals surface area contributed by atoms with Crippen molar-refractivity contribution in [3.63, 3.8) is 0 Å². The minimum absolute atomic E-state index is 0.120. The van der Waals surface area contributed by atoms with Crippen LogP contribution in [0, 0.1) is 10.1 Å². The van der Waals surface area contributed by atoms with Crippen molar-refractivity contribution in [3.8, 4) is 5.75 Å². The zero-order valence-corrected chi connectivity index (χ0v) is 11.1. The molecule has 1 aromatic carbocycles. The second-order valence-corrected chi connectivity index (χ2v) is 4.72. The van der Waals surface area contributed by atoms with E-state index >= 15 is 0 Å². The molecule has 104 valence electrons. The molecule has 3 N–H and O–H groups in total. The van der Waals surface area contributed by atoms with Gasteiger partial charge in [0.05, 0.1) is 18.2 Å². The number of carbonyl (C=O) groups excluding carboxylic acids is 1. The Morgan fingerprint density at radius 1 is 1.55 bits per heavy atom. The van der Waals surface area contributed by atoms with Crippen LogP contribution >= 0.6 is 11.3 Å². The molecule has 20 heavy (non-hydrogen) atoms. The molecular weight excluding hydrogens is 284 g/mol. The van der Waals surface area contributed by atoms with Crippen LogP contribution in [0.3, 0.4) is 0 Å². The van der Waals surface area contributed by atoms with E-state index in [0.29, 0.717) is 4.88 Å². The first-order valence-electron chi connectivity index (χ1n) is 5.36. The largest absolute Gasteiger partial charge is 0.490 e. The molecule has 2 aromatic rings. The topological polar surface area (TPSA) is 120 Å². The summed E-state index contributed by atoms with van der Waals surface area (Å²) in [6.07, 6.45) is 1.34. The van der Waals surface area contributed by atoms with Crippen LogP contribution in [-0.4, -0.2) is 22.9 Å². The summed E-state index contributed by atoms with van der Waals surface area (Å²) in [7, 11) is 1.33. The quantitative estimate of drug-likeness (QED) is 0.656. The molecule has 0 bridgehead atoms. The number of thiazole rings is 1. The minimum Gasteiger partial charge on any atom is -0.490 e. The lowest BCUT2D eigenvalue weighted by Gasteiger charge is -2.05. The van der Waals surface area contributed by atoms with E-state index < -0.39 is 10.8 Å². The number of benzene rings is 1. The van der Waals surface area contributed by atoms with Crippen molar-refractivity contribution in [3.05, 3.63) is 39.4 Å². The van der Waals surface area contributed by atoms with Gasteiger partial charge < -0.3 is 15.8 Å². The zero-order valence-electron chi connectivity index (χ0n) is 10.3. The number of rotatable bonds is 4. The van der Waals surface area contributed by atoms with E-state index in [1.807, 2.05) is 0 Å². The SMILES string of the molecule is COc1ccc(NC(=O)c2cnc(N)s2)cc1[N+](=O)[O-]. The van der Waals surface area contributed by atoms with E-state index in [-0.39, 0.29) is 22.3 Å². The Hall–Kier alpha value is -2.68. The number of amides is 1. The van der Waals surface area contributed by atoms with Crippen molar-refractivity contribution < 1.29 is 14.5 Å². The van der Waals surface area contributed by atoms with Gasteiger partial charge in [-0.2, -0.15) is 0 Å². The number of aromatic nitrogens is 1. The molecule has 0 aliphatic carbocycles. The average molecular weight is 294 g/mol. The predicted octanol–water partition coefficient (Wildman–Crippen LogP) is 1.89. The maximum atomic E-state index is 11.9. The Morgan fingerprint density at radius 2 is 2.30 bits per heavy atom. The maximum absolute atomic E-state index is 11.9. The van der Waals surface area contributed by atoms with Gasteiger partial charge in [-0.1, -0.05) is 11.3 Å². The summed E-state index contributed by atoms with van der Waals surface area (Å²) in [5.41, 5.74) is 5.49. The third-order valence-electron chi connectivity index (χ3n) is 2.38. The van der Waals surface area contributed by atoms with Crippen LogP contribution in [0.5, 0.6) is 5.75 Å². The van der Waals surface area contributed by atoms with Crippen LogP contribution in [0.1, 0.15) is 9.67 Å². The highest BCUT2D eigenvalue weighted by Crippen LogP contribution is 2.30. The van der Waals surface area contributed by atoms with Crippen molar-refractivity contribution in [1.82, 2.24) is 4.98 Å². The third kappa shape index (κ3) is 2.83. The molecule has 0 saturated carbocycles. The standard InChI is InChI=1S/C11H10N4O4S/c1-19-8-3-2-6(4-7(8)15(17)18)14-10(16)9-5-13-11(12)20-9/h2-5H,1H3,(H2,12,13)(H,14,16). The normalized spacial score (nSPS) is 10.1. The van der Waals surface area contributed by atoms with Crippen LogP contribution in [0.4, 0.5) is 16.5 Å². The number of nitrogens with two attached hydrogens (primary N) is 1. The minimum atomic E-state index is -0.584. The fourth-order valence-corrected chi connectivity index (χ4v) is 2.08. The van der Waals surface area contributed by atoms with Gasteiger partial charge in [-0.05, 0) is 12.1 Å². The van der Waals surface area contributed by atoms with Crippen LogP contribution in [0.15, 0.2) is 24.4 Å². The van der Waals surface area contributed by atoms with Gasteiger partial charge >= 0.3 is 5.69 Å². The number of anilines is 2. The fourth-order valence-electron chi connectivity index (χ4n) is 1.50. The zero-order chi connectivity index (χ0) is 14.7. The molecule has 0 spiro atoms. The number of nitrogen functional groups attached to an aromatic ring is 1. The van der Waals surface area contributed by atoms with E-state index in [1.165, 1.54) is 31.5 Å². The van der Waals surface area contributed by atoms with Crippen molar-refractivity contribution >= 4 is 33.8 Å². The Balaban J connectivity index is 2.23. The van der Waals surface area contributed by atoms with Crippen molar-refractivity contribution in [2.75, 3.05) is 18.2 Å². The summed E-state index contributed by atoms with van der Waals surface area (Å²) in [6.45, 7) is 0. The molecule has 0 aliphatic heterocycles. The predicted molar refractivity (Wildman–Crippen MR) is 74.1 cm³/mol. The van der Waals surface area contributed by atoms with Crippen LogP contribution in [0.25, 0.3) is 0 Å². The Kier molecular flexibility index (Phi) is 3.80. The van der Waals surface area contributed by atoms with E-state index in [0.717, 1.165) is 11.3 Å². The smallest absolute Gasteiger partial charge is 0.312 e. The van der Waals surface area contributed by atoms with Crippen molar-refractivity contribution in [1.29, 1.82) is 0 Å². The van der Waals surface area contributed by atoms with Crippen LogP contribution in [0.2, 0.25) is 0 Å². The number of hydrogen-bond acceptors (Lipinski definition) is 7. The number of methoxy groups -OCH3 is 1. The van der Waals surface area contributed by atoms with Crippen LogP contribution < -0.4 is 15.8 Å². The molecule has 0 aliphatic rings. The first kappa shape index (κ1) is 13.7. The number of nitrogens with zero attached hydrogens (tertiary/aromatic N) is 2. The van der Waals surface area contributed by atoms with Crippen molar-refractivity contribution in [2.24, 2.45) is 0 Å².